The van der Waals surface area contributed by atoms with Gasteiger partial charge in [-0.1, -0.05) is 23.8 Å². The van der Waals surface area contributed by atoms with E-state index in [0.717, 1.165) is 25.3 Å². The van der Waals surface area contributed by atoms with Crippen LogP contribution in [0.2, 0.25) is 0 Å². The van der Waals surface area contributed by atoms with Gasteiger partial charge >= 0.3 is 0 Å². The van der Waals surface area contributed by atoms with Gasteiger partial charge in [-0.3, -0.25) is 0 Å². The minimum Gasteiger partial charge on any atom is -0.392 e. The number of nitrogens with zero attached hydrogens (tertiary/aromatic N) is 2. The lowest BCUT2D eigenvalue weighted by atomic mass is 9.99. The minimum absolute atomic E-state index is 0.114. The average Bonchev–Trinajstić information content (AvgIpc) is 2.46. The molecule has 0 radical (unpaired) electrons. The van der Waals surface area contributed by atoms with Crippen LogP contribution in [0.5, 0.6) is 0 Å². The maximum atomic E-state index is 9.30. The molecule has 0 aliphatic carbocycles. The van der Waals surface area contributed by atoms with Crippen LogP contribution < -0.4 is 9.80 Å². The molecular formula is C17H18N2O. The Bertz CT molecular complexity index is 681. The summed E-state index contributed by atoms with van der Waals surface area (Å²) in [4.78, 5) is 4.84. The lowest BCUT2D eigenvalue weighted by Gasteiger charge is -2.45. The van der Waals surface area contributed by atoms with Crippen molar-refractivity contribution in [3.8, 4) is 0 Å². The van der Waals surface area contributed by atoms with E-state index in [-0.39, 0.29) is 6.61 Å². The molecule has 4 rings (SSSR count). The lowest BCUT2D eigenvalue weighted by Crippen LogP contribution is -2.46. The first kappa shape index (κ1) is 11.8. The van der Waals surface area contributed by atoms with Gasteiger partial charge in [0.2, 0.25) is 0 Å². The van der Waals surface area contributed by atoms with E-state index < -0.39 is 0 Å². The predicted octanol–water partition coefficient (Wildman–Crippen LogP) is 2.79. The number of benzene rings is 2. The van der Waals surface area contributed by atoms with Crippen molar-refractivity contribution in [1.82, 2.24) is 0 Å². The predicted molar refractivity (Wildman–Crippen MR) is 80.8 cm³/mol. The Labute approximate surface area is 119 Å². The highest BCUT2D eigenvalue weighted by Gasteiger charge is 2.29. The van der Waals surface area contributed by atoms with Crippen LogP contribution >= 0.6 is 0 Å². The minimum atomic E-state index is 0.114. The standard InChI is InChI=1S/C17H18N2O/c1-12-2-4-16-14(6-12)8-18-11-19(16)9-15-7-13(10-20)3-5-17(15)18/h2-7,20H,8-11H2,1H3. The van der Waals surface area contributed by atoms with E-state index in [1.165, 1.54) is 28.1 Å². The monoisotopic (exact) mass is 266 g/mol. The molecule has 1 N–H and O–H groups in total. The van der Waals surface area contributed by atoms with E-state index in [2.05, 4.69) is 47.1 Å². The molecule has 0 saturated heterocycles. The zero-order chi connectivity index (χ0) is 13.7. The first-order chi connectivity index (χ1) is 9.74. The molecule has 0 atom stereocenters. The van der Waals surface area contributed by atoms with E-state index in [0.29, 0.717) is 0 Å². The summed E-state index contributed by atoms with van der Waals surface area (Å²) < 4.78 is 0. The Hall–Kier alpha value is -2.00. The van der Waals surface area contributed by atoms with Gasteiger partial charge in [-0.25, -0.2) is 0 Å². The fraction of sp³-hybridized carbons (Fsp3) is 0.294. The Balaban J connectivity index is 1.80. The normalized spacial score (nSPS) is 15.9. The summed E-state index contributed by atoms with van der Waals surface area (Å²) in [5.74, 6) is 0. The second kappa shape index (κ2) is 4.25. The third kappa shape index (κ3) is 1.70. The zero-order valence-corrected chi connectivity index (χ0v) is 11.6. The second-order valence-corrected chi connectivity index (χ2v) is 5.79. The Kier molecular flexibility index (Phi) is 2.51. The molecule has 2 bridgehead atoms. The third-order valence-corrected chi connectivity index (χ3v) is 4.31. The molecule has 0 unspecified atom stereocenters. The molecular weight excluding hydrogens is 248 g/mol. The van der Waals surface area contributed by atoms with Gasteiger partial charge in [0.25, 0.3) is 0 Å². The van der Waals surface area contributed by atoms with Crippen molar-refractivity contribution < 1.29 is 5.11 Å². The van der Waals surface area contributed by atoms with Gasteiger partial charge in [0.15, 0.2) is 0 Å². The number of anilines is 2. The summed E-state index contributed by atoms with van der Waals surface area (Å²) in [7, 11) is 0. The fourth-order valence-corrected chi connectivity index (χ4v) is 3.36. The van der Waals surface area contributed by atoms with E-state index >= 15 is 0 Å². The lowest BCUT2D eigenvalue weighted by molar-refractivity contribution is 0.281. The first-order valence-electron chi connectivity index (χ1n) is 7.07. The van der Waals surface area contributed by atoms with Crippen molar-refractivity contribution in [2.75, 3.05) is 16.5 Å². The summed E-state index contributed by atoms with van der Waals surface area (Å²) >= 11 is 0. The van der Waals surface area contributed by atoms with Crippen LogP contribution in [0, 0.1) is 6.92 Å². The van der Waals surface area contributed by atoms with Gasteiger partial charge in [0.05, 0.1) is 13.3 Å². The number of aliphatic hydroxyl groups is 1. The molecule has 2 aromatic carbocycles. The number of hydrogen-bond acceptors (Lipinski definition) is 3. The quantitative estimate of drug-likeness (QED) is 0.860. The van der Waals surface area contributed by atoms with E-state index in [1.54, 1.807) is 0 Å². The molecule has 0 amide bonds. The van der Waals surface area contributed by atoms with Crippen LogP contribution in [0.1, 0.15) is 22.3 Å². The van der Waals surface area contributed by atoms with E-state index in [9.17, 15) is 5.11 Å². The number of fused-ring (bicyclic) bond motifs is 6. The summed E-state index contributed by atoms with van der Waals surface area (Å²) in [5.41, 5.74) is 7.71. The van der Waals surface area contributed by atoms with Gasteiger partial charge in [-0.15, -0.1) is 0 Å². The largest absolute Gasteiger partial charge is 0.392 e. The highest BCUT2D eigenvalue weighted by atomic mass is 16.3. The van der Waals surface area contributed by atoms with Crippen LogP contribution in [-0.2, 0) is 19.7 Å². The third-order valence-electron chi connectivity index (χ3n) is 4.31. The van der Waals surface area contributed by atoms with Gasteiger partial charge in [0.1, 0.15) is 0 Å². The fourth-order valence-electron chi connectivity index (χ4n) is 3.36. The van der Waals surface area contributed by atoms with Gasteiger partial charge < -0.3 is 14.9 Å². The molecule has 3 heteroatoms. The Morgan fingerprint density at radius 2 is 1.60 bits per heavy atom. The van der Waals surface area contributed by atoms with Crippen LogP contribution in [0.4, 0.5) is 11.4 Å². The first-order valence-corrected chi connectivity index (χ1v) is 7.07. The van der Waals surface area contributed by atoms with E-state index in [4.69, 9.17) is 0 Å². The van der Waals surface area contributed by atoms with E-state index in [1.807, 2.05) is 6.07 Å². The zero-order valence-electron chi connectivity index (χ0n) is 11.6. The maximum Gasteiger partial charge on any atom is 0.0910 e. The average molecular weight is 266 g/mol. The molecule has 3 nitrogen and oxygen atoms in total. The smallest absolute Gasteiger partial charge is 0.0910 e. The number of hydrogen-bond donors (Lipinski definition) is 1. The molecule has 0 fully saturated rings. The molecule has 0 aromatic heterocycles. The van der Waals surface area contributed by atoms with Crippen LogP contribution in [0.3, 0.4) is 0 Å². The number of aliphatic hydroxyl groups excluding tert-OH is 1. The number of aryl methyl sites for hydroxylation is 1. The van der Waals surface area contributed by atoms with Crippen molar-refractivity contribution in [3.05, 3.63) is 58.7 Å². The van der Waals surface area contributed by atoms with Crippen molar-refractivity contribution in [2.45, 2.75) is 26.6 Å². The van der Waals surface area contributed by atoms with Crippen LogP contribution in [0.25, 0.3) is 0 Å². The molecule has 0 saturated carbocycles. The summed E-state index contributed by atoms with van der Waals surface area (Å²) in [5, 5.41) is 9.30. The summed E-state index contributed by atoms with van der Waals surface area (Å²) in [6.45, 7) is 5.12. The number of rotatable bonds is 1. The second-order valence-electron chi connectivity index (χ2n) is 5.79. The molecule has 2 aliphatic rings. The highest BCUT2D eigenvalue weighted by molar-refractivity contribution is 5.68. The Morgan fingerprint density at radius 1 is 0.950 bits per heavy atom. The van der Waals surface area contributed by atoms with Crippen molar-refractivity contribution in [3.63, 3.8) is 0 Å². The Morgan fingerprint density at radius 3 is 2.30 bits per heavy atom. The van der Waals surface area contributed by atoms with Crippen LogP contribution in [-0.4, -0.2) is 11.8 Å². The molecule has 2 heterocycles. The summed E-state index contributed by atoms with van der Waals surface area (Å²) in [6.07, 6.45) is 0. The highest BCUT2D eigenvalue weighted by Crippen LogP contribution is 2.38. The molecule has 102 valence electrons. The summed E-state index contributed by atoms with van der Waals surface area (Å²) in [6, 6.07) is 13.0. The van der Waals surface area contributed by atoms with Gasteiger partial charge in [0, 0.05) is 24.5 Å². The van der Waals surface area contributed by atoms with Crippen molar-refractivity contribution in [2.24, 2.45) is 0 Å². The van der Waals surface area contributed by atoms with Gasteiger partial charge in [-0.05, 0) is 41.8 Å². The van der Waals surface area contributed by atoms with Crippen molar-refractivity contribution in [1.29, 1.82) is 0 Å². The SMILES string of the molecule is Cc1ccc2c(c1)CN1CN2Cc2cc(CO)ccc21. The molecule has 20 heavy (non-hydrogen) atoms. The molecule has 0 spiro atoms. The van der Waals surface area contributed by atoms with Crippen molar-refractivity contribution >= 4 is 11.4 Å². The molecule has 2 aliphatic heterocycles. The topological polar surface area (TPSA) is 26.7 Å². The maximum absolute atomic E-state index is 9.30. The molecule has 2 aromatic rings. The van der Waals surface area contributed by atoms with Crippen LogP contribution in [0.15, 0.2) is 36.4 Å². The van der Waals surface area contributed by atoms with Gasteiger partial charge in [-0.2, -0.15) is 0 Å².